The van der Waals surface area contributed by atoms with Gasteiger partial charge in [-0.15, -0.1) is 0 Å². The van der Waals surface area contributed by atoms with E-state index in [0.29, 0.717) is 0 Å². The molecular formula is C24H27N5O. The molecule has 3 unspecified atom stereocenters. The Hall–Kier alpha value is -3.12. The van der Waals surface area contributed by atoms with Crippen molar-refractivity contribution in [3.63, 3.8) is 0 Å². The molecule has 6 heteroatoms. The molecule has 2 aromatic rings. The van der Waals surface area contributed by atoms with E-state index in [4.69, 9.17) is 0 Å². The van der Waals surface area contributed by atoms with Gasteiger partial charge in [0.15, 0.2) is 0 Å². The van der Waals surface area contributed by atoms with E-state index in [0.717, 1.165) is 29.8 Å². The van der Waals surface area contributed by atoms with Crippen LogP contribution in [0, 0.1) is 6.92 Å². The Balaban J connectivity index is 1.39. The summed E-state index contributed by atoms with van der Waals surface area (Å²) in [6.07, 6.45) is 15.8. The highest BCUT2D eigenvalue weighted by Gasteiger charge is 2.33. The van der Waals surface area contributed by atoms with Crippen LogP contribution in [0.3, 0.4) is 0 Å². The fourth-order valence-corrected chi connectivity index (χ4v) is 4.65. The highest BCUT2D eigenvalue weighted by molar-refractivity contribution is 5.68. The van der Waals surface area contributed by atoms with Gasteiger partial charge in [0, 0.05) is 49.0 Å². The zero-order chi connectivity index (χ0) is 20.7. The molecule has 0 aliphatic carbocycles. The first-order valence-electron chi connectivity index (χ1n) is 10.6. The number of nitrogens with zero attached hydrogens (tertiary/aromatic N) is 3. The molecule has 6 nitrogen and oxygen atoms in total. The predicted octanol–water partition coefficient (Wildman–Crippen LogP) is 2.96. The van der Waals surface area contributed by atoms with Crippen molar-refractivity contribution in [1.29, 1.82) is 0 Å². The number of hydrogen-bond donors (Lipinski definition) is 2. The molecule has 2 N–H and O–H groups in total. The van der Waals surface area contributed by atoms with Crippen molar-refractivity contribution in [1.82, 2.24) is 25.1 Å². The lowest BCUT2D eigenvalue weighted by Crippen LogP contribution is -2.43. The van der Waals surface area contributed by atoms with Gasteiger partial charge in [-0.3, -0.25) is 9.78 Å². The molecule has 0 aromatic carbocycles. The minimum Gasteiger partial charge on any atom is -0.363 e. The van der Waals surface area contributed by atoms with Crippen molar-refractivity contribution in [2.45, 2.75) is 44.4 Å². The van der Waals surface area contributed by atoms with E-state index in [2.05, 4.69) is 57.9 Å². The van der Waals surface area contributed by atoms with Crippen LogP contribution in [0.25, 0.3) is 5.70 Å². The summed E-state index contributed by atoms with van der Waals surface area (Å²) in [4.78, 5) is 18.7. The van der Waals surface area contributed by atoms with Gasteiger partial charge in [-0.2, -0.15) is 0 Å². The van der Waals surface area contributed by atoms with E-state index in [9.17, 15) is 4.79 Å². The molecule has 30 heavy (non-hydrogen) atoms. The summed E-state index contributed by atoms with van der Waals surface area (Å²) < 4.78 is 1.63. The summed E-state index contributed by atoms with van der Waals surface area (Å²) in [5.41, 5.74) is 5.73. The number of aromatic nitrogens is 2. The molecule has 0 spiro atoms. The van der Waals surface area contributed by atoms with Crippen LogP contribution < -0.4 is 16.2 Å². The largest absolute Gasteiger partial charge is 0.363 e. The monoisotopic (exact) mass is 401 g/mol. The Bertz CT molecular complexity index is 1110. The van der Waals surface area contributed by atoms with E-state index < -0.39 is 0 Å². The van der Waals surface area contributed by atoms with Crippen LogP contribution in [0.15, 0.2) is 71.6 Å². The SMILES string of the molecule is Cc1cccnc1C1CCCC(C2=CN3C(c4ccc(=O)n(C)c4)=CC=CC3N2)N1. The van der Waals surface area contributed by atoms with Crippen molar-refractivity contribution in [2.75, 3.05) is 0 Å². The third kappa shape index (κ3) is 3.37. The molecule has 154 valence electrons. The Morgan fingerprint density at radius 3 is 2.87 bits per heavy atom. The average molecular weight is 402 g/mol. The number of nitrogens with one attached hydrogen (secondary N) is 2. The second-order valence-corrected chi connectivity index (χ2v) is 8.29. The summed E-state index contributed by atoms with van der Waals surface area (Å²) in [5, 5.41) is 7.51. The maximum Gasteiger partial charge on any atom is 0.250 e. The molecule has 1 fully saturated rings. The van der Waals surface area contributed by atoms with Crippen LogP contribution in [0.5, 0.6) is 0 Å². The van der Waals surface area contributed by atoms with Crippen LogP contribution in [-0.4, -0.2) is 26.7 Å². The average Bonchev–Trinajstić information content (AvgIpc) is 3.21. The van der Waals surface area contributed by atoms with Crippen molar-refractivity contribution in [3.8, 4) is 0 Å². The van der Waals surface area contributed by atoms with E-state index in [1.165, 1.54) is 17.7 Å². The fourth-order valence-electron chi connectivity index (χ4n) is 4.65. The molecule has 0 radical (unpaired) electrons. The minimum absolute atomic E-state index is 0.000270. The number of piperidine rings is 1. The number of fused-ring (bicyclic) bond motifs is 1. The Labute approximate surface area is 176 Å². The number of pyridine rings is 2. The molecular weight excluding hydrogens is 374 g/mol. The van der Waals surface area contributed by atoms with Crippen molar-refractivity contribution in [2.24, 2.45) is 7.05 Å². The fraction of sp³-hybridized carbons (Fsp3) is 0.333. The lowest BCUT2D eigenvalue weighted by Gasteiger charge is -2.32. The molecule has 3 aliphatic rings. The van der Waals surface area contributed by atoms with Gasteiger partial charge in [-0.1, -0.05) is 12.1 Å². The first-order valence-corrected chi connectivity index (χ1v) is 10.6. The third-order valence-corrected chi connectivity index (χ3v) is 6.24. The minimum atomic E-state index is 0.000270. The third-order valence-electron chi connectivity index (χ3n) is 6.24. The Kier molecular flexibility index (Phi) is 4.79. The Morgan fingerprint density at radius 1 is 1.17 bits per heavy atom. The molecule has 1 saturated heterocycles. The molecule has 0 bridgehead atoms. The van der Waals surface area contributed by atoms with Gasteiger partial charge in [0.1, 0.15) is 6.17 Å². The van der Waals surface area contributed by atoms with E-state index >= 15 is 0 Å². The molecule has 2 aromatic heterocycles. The van der Waals surface area contributed by atoms with Gasteiger partial charge in [-0.05, 0) is 56.0 Å². The highest BCUT2D eigenvalue weighted by atomic mass is 16.1. The second kappa shape index (κ2) is 7.61. The van der Waals surface area contributed by atoms with Gasteiger partial charge in [0.25, 0.3) is 0 Å². The molecule has 3 atom stereocenters. The summed E-state index contributed by atoms with van der Waals surface area (Å²) in [6, 6.07) is 8.20. The molecule has 3 aliphatic heterocycles. The summed E-state index contributed by atoms with van der Waals surface area (Å²) in [6.45, 7) is 2.13. The van der Waals surface area contributed by atoms with Gasteiger partial charge in [-0.25, -0.2) is 0 Å². The van der Waals surface area contributed by atoms with Gasteiger partial charge in [0.2, 0.25) is 5.56 Å². The van der Waals surface area contributed by atoms with Gasteiger partial charge >= 0.3 is 0 Å². The zero-order valence-corrected chi connectivity index (χ0v) is 17.4. The summed E-state index contributed by atoms with van der Waals surface area (Å²) in [5.74, 6) is 0. The lowest BCUT2D eigenvalue weighted by atomic mass is 9.93. The predicted molar refractivity (Wildman–Crippen MR) is 118 cm³/mol. The zero-order valence-electron chi connectivity index (χ0n) is 17.4. The Morgan fingerprint density at radius 2 is 2.03 bits per heavy atom. The van der Waals surface area contributed by atoms with E-state index in [1.54, 1.807) is 17.7 Å². The molecule has 0 saturated carbocycles. The van der Waals surface area contributed by atoms with Gasteiger partial charge < -0.3 is 20.1 Å². The number of aryl methyl sites for hydroxylation is 2. The lowest BCUT2D eigenvalue weighted by molar-refractivity contribution is 0.336. The molecule has 0 amide bonds. The van der Waals surface area contributed by atoms with Gasteiger partial charge in [0.05, 0.1) is 17.4 Å². The van der Waals surface area contributed by atoms with E-state index in [1.807, 2.05) is 24.5 Å². The van der Waals surface area contributed by atoms with Crippen molar-refractivity contribution in [3.05, 3.63) is 94.0 Å². The first kappa shape index (κ1) is 18.9. The molecule has 5 rings (SSSR count). The standard InChI is InChI=1S/C24H27N5O/c1-16-6-5-13-25-24(16)19-8-3-7-18(26-19)20-15-29-21(9-4-10-22(29)27-20)17-11-12-23(30)28(2)14-17/h4-6,9-15,18-19,22,26-27H,3,7-8H2,1-2H3. The smallest absolute Gasteiger partial charge is 0.250 e. The van der Waals surface area contributed by atoms with Crippen molar-refractivity contribution < 1.29 is 0 Å². The summed E-state index contributed by atoms with van der Waals surface area (Å²) >= 11 is 0. The first-order chi connectivity index (χ1) is 14.6. The summed E-state index contributed by atoms with van der Waals surface area (Å²) in [7, 11) is 1.79. The van der Waals surface area contributed by atoms with Crippen LogP contribution in [0.2, 0.25) is 0 Å². The maximum atomic E-state index is 11.8. The van der Waals surface area contributed by atoms with Crippen LogP contribution in [0.4, 0.5) is 0 Å². The highest BCUT2D eigenvalue weighted by Crippen LogP contribution is 2.33. The molecule has 5 heterocycles. The normalized spacial score (nSPS) is 25.4. The van der Waals surface area contributed by atoms with Crippen LogP contribution in [-0.2, 0) is 7.05 Å². The van der Waals surface area contributed by atoms with Crippen LogP contribution >= 0.6 is 0 Å². The van der Waals surface area contributed by atoms with Crippen molar-refractivity contribution >= 4 is 5.70 Å². The van der Waals surface area contributed by atoms with E-state index in [-0.39, 0.29) is 23.8 Å². The number of allylic oxidation sites excluding steroid dienone is 2. The second-order valence-electron chi connectivity index (χ2n) is 8.29. The number of rotatable bonds is 3. The quantitative estimate of drug-likeness (QED) is 0.828. The topological polar surface area (TPSA) is 62.2 Å². The van der Waals surface area contributed by atoms with Crippen LogP contribution in [0.1, 0.15) is 42.1 Å². The maximum absolute atomic E-state index is 11.8. The number of hydrogen-bond acceptors (Lipinski definition) is 5.